The normalized spacial score (nSPS) is 22.5. The largest absolute Gasteiger partial charge is 0.480 e. The summed E-state index contributed by atoms with van der Waals surface area (Å²) in [7, 11) is 0. The molecular formula is C15H16F2N2O5. The topological polar surface area (TPSA) is 92.0 Å². The van der Waals surface area contributed by atoms with Crippen LogP contribution >= 0.6 is 0 Å². The van der Waals surface area contributed by atoms with Crippen LogP contribution in [0, 0.1) is 0 Å². The molecule has 1 aromatic carbocycles. The van der Waals surface area contributed by atoms with Crippen molar-refractivity contribution in [1.82, 2.24) is 5.48 Å². The third-order valence-electron chi connectivity index (χ3n) is 3.63. The number of rotatable bonds is 6. The Hall–Kier alpha value is -2.39. The Morgan fingerprint density at radius 1 is 1.42 bits per heavy atom. The SMILES string of the molecule is NC(=O)COc1cc(C2=CC3(CCOC3)ON2)ccc1OC(F)F. The maximum Gasteiger partial charge on any atom is 0.387 e. The van der Waals surface area contributed by atoms with E-state index in [0.717, 1.165) is 0 Å². The molecule has 1 fully saturated rings. The minimum Gasteiger partial charge on any atom is -0.480 e. The summed E-state index contributed by atoms with van der Waals surface area (Å²) >= 11 is 0. The molecule has 1 unspecified atom stereocenters. The first kappa shape index (κ1) is 16.5. The van der Waals surface area contributed by atoms with Crippen LogP contribution in [-0.4, -0.2) is 37.9 Å². The summed E-state index contributed by atoms with van der Waals surface area (Å²) in [5, 5.41) is 0. The lowest BCUT2D eigenvalue weighted by molar-refractivity contribution is -0.120. The van der Waals surface area contributed by atoms with Crippen LogP contribution in [0.1, 0.15) is 12.0 Å². The van der Waals surface area contributed by atoms with Crippen LogP contribution in [0.5, 0.6) is 11.5 Å². The zero-order chi connectivity index (χ0) is 17.2. The number of hydrogen-bond acceptors (Lipinski definition) is 6. The minimum absolute atomic E-state index is 0.0158. The number of ether oxygens (including phenoxy) is 3. The van der Waals surface area contributed by atoms with Gasteiger partial charge in [0.05, 0.1) is 12.3 Å². The van der Waals surface area contributed by atoms with Crippen molar-refractivity contribution in [2.24, 2.45) is 5.73 Å². The fourth-order valence-corrected chi connectivity index (χ4v) is 2.51. The fourth-order valence-electron chi connectivity index (χ4n) is 2.51. The highest BCUT2D eigenvalue weighted by molar-refractivity contribution is 5.75. The van der Waals surface area contributed by atoms with Crippen LogP contribution in [0.25, 0.3) is 5.70 Å². The van der Waals surface area contributed by atoms with Gasteiger partial charge in [0, 0.05) is 18.6 Å². The van der Waals surface area contributed by atoms with Gasteiger partial charge in [-0.15, -0.1) is 0 Å². The predicted molar refractivity (Wildman–Crippen MR) is 78.1 cm³/mol. The highest BCUT2D eigenvalue weighted by atomic mass is 19.3. The standard InChI is InChI=1S/C15H16F2N2O5/c16-14(17)23-11-2-1-9(5-12(11)22-7-13(18)20)10-6-15(24-19-10)3-4-21-8-15/h1-2,5-6,14,19H,3-4,7-8H2,(H2,18,20). The van der Waals surface area contributed by atoms with Crippen molar-refractivity contribution in [3.63, 3.8) is 0 Å². The number of nitrogens with two attached hydrogens (primary N) is 1. The van der Waals surface area contributed by atoms with Crippen molar-refractivity contribution in [2.45, 2.75) is 18.6 Å². The number of carbonyl (C=O) groups excluding carboxylic acids is 1. The van der Waals surface area contributed by atoms with Gasteiger partial charge in [-0.25, -0.2) is 0 Å². The zero-order valence-electron chi connectivity index (χ0n) is 12.6. The van der Waals surface area contributed by atoms with Crippen LogP contribution < -0.4 is 20.7 Å². The van der Waals surface area contributed by atoms with Gasteiger partial charge >= 0.3 is 6.61 Å². The Morgan fingerprint density at radius 3 is 2.92 bits per heavy atom. The van der Waals surface area contributed by atoms with Crippen LogP contribution in [0.4, 0.5) is 8.78 Å². The molecule has 0 aromatic heterocycles. The summed E-state index contributed by atoms with van der Waals surface area (Å²) in [5.41, 5.74) is 8.57. The van der Waals surface area contributed by atoms with Gasteiger partial charge in [0.1, 0.15) is 5.60 Å². The van der Waals surface area contributed by atoms with E-state index in [4.69, 9.17) is 20.0 Å². The molecular weight excluding hydrogens is 326 g/mol. The first-order valence-electron chi connectivity index (χ1n) is 7.22. The highest BCUT2D eigenvalue weighted by Crippen LogP contribution is 2.36. The maximum atomic E-state index is 12.5. The molecule has 2 aliphatic heterocycles. The first-order chi connectivity index (χ1) is 11.5. The molecule has 1 saturated heterocycles. The Bertz CT molecular complexity index is 659. The Kier molecular flexibility index (Phi) is 4.54. The van der Waals surface area contributed by atoms with E-state index in [1.165, 1.54) is 12.1 Å². The van der Waals surface area contributed by atoms with Gasteiger partial charge in [0.2, 0.25) is 0 Å². The summed E-state index contributed by atoms with van der Waals surface area (Å²) in [6.45, 7) is -2.44. The van der Waals surface area contributed by atoms with Crippen LogP contribution in [0.3, 0.4) is 0 Å². The van der Waals surface area contributed by atoms with Crippen LogP contribution in [0.15, 0.2) is 24.3 Å². The summed E-state index contributed by atoms with van der Waals surface area (Å²) in [4.78, 5) is 16.4. The van der Waals surface area contributed by atoms with Crippen molar-refractivity contribution in [3.8, 4) is 11.5 Å². The van der Waals surface area contributed by atoms with Gasteiger partial charge in [0.25, 0.3) is 5.91 Å². The number of nitrogens with one attached hydrogen (secondary N) is 1. The van der Waals surface area contributed by atoms with E-state index in [1.807, 2.05) is 6.08 Å². The first-order valence-corrected chi connectivity index (χ1v) is 7.22. The van der Waals surface area contributed by atoms with Gasteiger partial charge in [-0.1, -0.05) is 0 Å². The lowest BCUT2D eigenvalue weighted by atomic mass is 10.0. The number of amides is 1. The Balaban J connectivity index is 1.86. The fraction of sp³-hybridized carbons (Fsp3) is 0.400. The second-order valence-electron chi connectivity index (χ2n) is 5.42. The van der Waals surface area contributed by atoms with E-state index in [2.05, 4.69) is 10.2 Å². The second kappa shape index (κ2) is 6.62. The van der Waals surface area contributed by atoms with E-state index >= 15 is 0 Å². The molecule has 7 nitrogen and oxygen atoms in total. The average Bonchev–Trinajstić information content (AvgIpc) is 3.16. The predicted octanol–water partition coefficient (Wildman–Crippen LogP) is 1.19. The molecule has 3 rings (SSSR count). The lowest BCUT2D eigenvalue weighted by Gasteiger charge is -2.15. The number of halogens is 2. The number of benzene rings is 1. The summed E-state index contributed by atoms with van der Waals surface area (Å²) in [6, 6.07) is 4.38. The molecule has 0 radical (unpaired) electrons. The van der Waals surface area contributed by atoms with E-state index in [1.54, 1.807) is 6.07 Å². The van der Waals surface area contributed by atoms with Crippen molar-refractivity contribution in [3.05, 3.63) is 29.8 Å². The molecule has 24 heavy (non-hydrogen) atoms. The molecule has 3 N–H and O–H groups in total. The summed E-state index contributed by atoms with van der Waals surface area (Å²) < 4.78 is 39.8. The van der Waals surface area contributed by atoms with Crippen molar-refractivity contribution < 1.29 is 32.6 Å². The number of carbonyl (C=O) groups is 1. The maximum absolute atomic E-state index is 12.5. The van der Waals surface area contributed by atoms with Crippen molar-refractivity contribution in [1.29, 1.82) is 0 Å². The molecule has 0 saturated carbocycles. The van der Waals surface area contributed by atoms with Gasteiger partial charge in [0.15, 0.2) is 18.1 Å². The summed E-state index contributed by atoms with van der Waals surface area (Å²) in [6.07, 6.45) is 2.59. The van der Waals surface area contributed by atoms with Gasteiger partial charge < -0.3 is 19.9 Å². The molecule has 1 aromatic rings. The number of hydroxylamine groups is 1. The Morgan fingerprint density at radius 2 is 2.25 bits per heavy atom. The Labute approximate surface area is 136 Å². The molecule has 1 atom stereocenters. The molecule has 2 heterocycles. The molecule has 130 valence electrons. The van der Waals surface area contributed by atoms with E-state index in [9.17, 15) is 13.6 Å². The molecule has 1 amide bonds. The van der Waals surface area contributed by atoms with E-state index in [-0.39, 0.29) is 11.5 Å². The van der Waals surface area contributed by atoms with Gasteiger partial charge in [-0.05, 0) is 24.3 Å². The average molecular weight is 342 g/mol. The molecule has 2 aliphatic rings. The van der Waals surface area contributed by atoms with Crippen LogP contribution in [0.2, 0.25) is 0 Å². The third-order valence-corrected chi connectivity index (χ3v) is 3.63. The second-order valence-corrected chi connectivity index (χ2v) is 5.42. The quantitative estimate of drug-likeness (QED) is 0.807. The van der Waals surface area contributed by atoms with Crippen molar-refractivity contribution in [2.75, 3.05) is 19.8 Å². The van der Waals surface area contributed by atoms with E-state index < -0.39 is 24.7 Å². The highest BCUT2D eigenvalue weighted by Gasteiger charge is 2.39. The minimum atomic E-state index is -3.02. The van der Waals surface area contributed by atoms with Gasteiger partial charge in [-0.2, -0.15) is 8.78 Å². The van der Waals surface area contributed by atoms with Crippen LogP contribution in [-0.2, 0) is 14.4 Å². The van der Waals surface area contributed by atoms with Gasteiger partial charge in [-0.3, -0.25) is 15.1 Å². The molecule has 1 spiro atoms. The lowest BCUT2D eigenvalue weighted by Crippen LogP contribution is -2.29. The zero-order valence-corrected chi connectivity index (χ0v) is 12.6. The molecule has 0 bridgehead atoms. The molecule has 9 heteroatoms. The smallest absolute Gasteiger partial charge is 0.387 e. The monoisotopic (exact) mass is 342 g/mol. The summed E-state index contributed by atoms with van der Waals surface area (Å²) in [5.74, 6) is -0.932. The number of alkyl halides is 2. The molecule has 0 aliphatic carbocycles. The van der Waals surface area contributed by atoms with Crippen molar-refractivity contribution >= 4 is 11.6 Å². The number of hydrogen-bond donors (Lipinski definition) is 2. The third kappa shape index (κ3) is 3.57. The van der Waals surface area contributed by atoms with E-state index in [0.29, 0.717) is 30.9 Å². The number of primary amides is 1.